The van der Waals surface area contributed by atoms with Crippen LogP contribution >= 0.6 is 0 Å². The van der Waals surface area contributed by atoms with Crippen LogP contribution in [0.25, 0.3) is 0 Å². The van der Waals surface area contributed by atoms with Crippen LogP contribution in [0.1, 0.15) is 10.4 Å². The van der Waals surface area contributed by atoms with E-state index in [1.165, 1.54) is 25.3 Å². The van der Waals surface area contributed by atoms with Gasteiger partial charge in [-0.25, -0.2) is 0 Å². The molecule has 102 valence electrons. The first-order valence-electron chi connectivity index (χ1n) is 5.96. The number of methoxy groups -OCH3 is 1. The Labute approximate surface area is 110 Å². The molecule has 0 aliphatic carbocycles. The van der Waals surface area contributed by atoms with E-state index in [4.69, 9.17) is 4.74 Å². The van der Waals surface area contributed by atoms with Crippen molar-refractivity contribution in [2.75, 3.05) is 33.3 Å². The van der Waals surface area contributed by atoms with Gasteiger partial charge in [-0.15, -0.1) is 0 Å². The van der Waals surface area contributed by atoms with Gasteiger partial charge in [0.2, 0.25) is 0 Å². The SMILES string of the molecule is COc1cc(C(=O)N2CCNCC2)ccc1[N+](=O)[O-]. The Bertz CT molecular complexity index is 498. The third-order valence-corrected chi connectivity index (χ3v) is 3.03. The highest BCUT2D eigenvalue weighted by Crippen LogP contribution is 2.28. The lowest BCUT2D eigenvalue weighted by Gasteiger charge is -2.27. The highest BCUT2D eigenvalue weighted by atomic mass is 16.6. The first-order chi connectivity index (χ1) is 9.13. The number of hydrogen-bond donors (Lipinski definition) is 1. The fraction of sp³-hybridized carbons (Fsp3) is 0.417. The Kier molecular flexibility index (Phi) is 3.96. The number of piperazine rings is 1. The van der Waals surface area contributed by atoms with E-state index in [0.717, 1.165) is 13.1 Å². The van der Waals surface area contributed by atoms with E-state index < -0.39 is 4.92 Å². The molecule has 1 aromatic rings. The number of carbonyl (C=O) groups is 1. The van der Waals surface area contributed by atoms with Crippen molar-refractivity contribution in [2.24, 2.45) is 0 Å². The molecule has 0 spiro atoms. The maximum atomic E-state index is 12.2. The molecule has 0 aromatic heterocycles. The van der Waals surface area contributed by atoms with Crippen LogP contribution in [-0.2, 0) is 0 Å². The molecule has 19 heavy (non-hydrogen) atoms. The lowest BCUT2D eigenvalue weighted by atomic mass is 10.1. The van der Waals surface area contributed by atoms with Crippen molar-refractivity contribution in [2.45, 2.75) is 0 Å². The van der Waals surface area contributed by atoms with Gasteiger partial charge in [-0.2, -0.15) is 0 Å². The summed E-state index contributed by atoms with van der Waals surface area (Å²) in [5.74, 6) is -0.0271. The summed E-state index contributed by atoms with van der Waals surface area (Å²) in [6.45, 7) is 2.79. The quantitative estimate of drug-likeness (QED) is 0.640. The highest BCUT2D eigenvalue weighted by molar-refractivity contribution is 5.95. The smallest absolute Gasteiger partial charge is 0.310 e. The predicted octanol–water partition coefficient (Wildman–Crippen LogP) is 0.649. The average molecular weight is 265 g/mol. The highest BCUT2D eigenvalue weighted by Gasteiger charge is 2.21. The summed E-state index contributed by atoms with van der Waals surface area (Å²) < 4.78 is 4.96. The van der Waals surface area contributed by atoms with Gasteiger partial charge in [0.05, 0.1) is 12.0 Å². The predicted molar refractivity (Wildman–Crippen MR) is 68.4 cm³/mol. The van der Waals surface area contributed by atoms with Gasteiger partial charge < -0.3 is 15.0 Å². The summed E-state index contributed by atoms with van der Waals surface area (Å²) in [6.07, 6.45) is 0. The Hall–Kier alpha value is -2.15. The van der Waals surface area contributed by atoms with Crippen molar-refractivity contribution < 1.29 is 14.5 Å². The molecule has 2 rings (SSSR count). The fourth-order valence-electron chi connectivity index (χ4n) is 2.01. The molecule has 1 heterocycles. The standard InChI is InChI=1S/C12H15N3O4/c1-19-11-8-9(2-3-10(11)15(17)18)12(16)14-6-4-13-5-7-14/h2-3,8,13H,4-7H2,1H3. The molecule has 1 N–H and O–H groups in total. The van der Waals surface area contributed by atoms with Crippen molar-refractivity contribution in [3.63, 3.8) is 0 Å². The summed E-state index contributed by atoms with van der Waals surface area (Å²) in [5.41, 5.74) is 0.267. The maximum absolute atomic E-state index is 12.2. The van der Waals surface area contributed by atoms with Gasteiger partial charge in [0.25, 0.3) is 5.91 Å². The lowest BCUT2D eigenvalue weighted by molar-refractivity contribution is -0.385. The number of rotatable bonds is 3. The van der Waals surface area contributed by atoms with Crippen LogP contribution in [0, 0.1) is 10.1 Å². The molecule has 1 aliphatic heterocycles. The molecule has 0 atom stereocenters. The molecule has 1 fully saturated rings. The van der Waals surface area contributed by atoms with Crippen LogP contribution in [0.4, 0.5) is 5.69 Å². The van der Waals surface area contributed by atoms with E-state index in [9.17, 15) is 14.9 Å². The van der Waals surface area contributed by atoms with Gasteiger partial charge in [-0.1, -0.05) is 0 Å². The monoisotopic (exact) mass is 265 g/mol. The molecular formula is C12H15N3O4. The normalized spacial score (nSPS) is 15.1. The first kappa shape index (κ1) is 13.3. The molecule has 1 amide bonds. The van der Waals surface area contributed by atoms with Crippen LogP contribution in [-0.4, -0.2) is 49.0 Å². The van der Waals surface area contributed by atoms with Crippen molar-refractivity contribution in [1.82, 2.24) is 10.2 Å². The number of nitrogens with one attached hydrogen (secondary N) is 1. The van der Waals surface area contributed by atoms with Gasteiger partial charge >= 0.3 is 5.69 Å². The summed E-state index contributed by atoms with van der Waals surface area (Å²) >= 11 is 0. The molecule has 1 aromatic carbocycles. The van der Waals surface area contributed by atoms with Gasteiger partial charge in [0.15, 0.2) is 5.75 Å². The van der Waals surface area contributed by atoms with Gasteiger partial charge in [0.1, 0.15) is 0 Å². The number of benzene rings is 1. The topological polar surface area (TPSA) is 84.7 Å². The van der Waals surface area contributed by atoms with E-state index in [1.807, 2.05) is 0 Å². The number of hydrogen-bond acceptors (Lipinski definition) is 5. The minimum Gasteiger partial charge on any atom is -0.490 e. The van der Waals surface area contributed by atoms with E-state index >= 15 is 0 Å². The molecule has 0 saturated carbocycles. The van der Waals surface area contributed by atoms with Crippen LogP contribution < -0.4 is 10.1 Å². The van der Waals surface area contributed by atoms with Crippen LogP contribution in [0.2, 0.25) is 0 Å². The van der Waals surface area contributed by atoms with Crippen LogP contribution in [0.3, 0.4) is 0 Å². The van der Waals surface area contributed by atoms with E-state index in [2.05, 4.69) is 5.32 Å². The fourth-order valence-corrected chi connectivity index (χ4v) is 2.01. The summed E-state index contributed by atoms with van der Waals surface area (Å²) in [5, 5.41) is 13.9. The first-order valence-corrected chi connectivity index (χ1v) is 5.96. The second-order valence-electron chi connectivity index (χ2n) is 4.19. The zero-order valence-corrected chi connectivity index (χ0v) is 10.6. The Morgan fingerprint density at radius 1 is 1.42 bits per heavy atom. The van der Waals surface area contributed by atoms with Crippen molar-refractivity contribution in [1.29, 1.82) is 0 Å². The molecule has 1 aliphatic rings. The van der Waals surface area contributed by atoms with Crippen LogP contribution in [0.5, 0.6) is 5.75 Å². The minimum atomic E-state index is -0.530. The second-order valence-corrected chi connectivity index (χ2v) is 4.19. The second kappa shape index (κ2) is 5.66. The molecular weight excluding hydrogens is 250 g/mol. The van der Waals surface area contributed by atoms with Gasteiger partial charge in [-0.05, 0) is 6.07 Å². The Morgan fingerprint density at radius 3 is 2.68 bits per heavy atom. The maximum Gasteiger partial charge on any atom is 0.310 e. The molecule has 7 heteroatoms. The number of nitro benzene ring substituents is 1. The molecule has 0 radical (unpaired) electrons. The van der Waals surface area contributed by atoms with E-state index in [1.54, 1.807) is 4.90 Å². The van der Waals surface area contributed by atoms with Crippen molar-refractivity contribution in [3.8, 4) is 5.75 Å². The molecule has 1 saturated heterocycles. The van der Waals surface area contributed by atoms with E-state index in [0.29, 0.717) is 18.7 Å². The Balaban J connectivity index is 2.24. The van der Waals surface area contributed by atoms with Crippen molar-refractivity contribution in [3.05, 3.63) is 33.9 Å². The third-order valence-electron chi connectivity index (χ3n) is 3.03. The van der Waals surface area contributed by atoms with Gasteiger partial charge in [0, 0.05) is 43.9 Å². The Morgan fingerprint density at radius 2 is 2.11 bits per heavy atom. The minimum absolute atomic E-state index is 0.103. The largest absolute Gasteiger partial charge is 0.490 e. The number of nitro groups is 1. The van der Waals surface area contributed by atoms with Crippen molar-refractivity contribution >= 4 is 11.6 Å². The summed E-state index contributed by atoms with van der Waals surface area (Å²) in [7, 11) is 1.35. The average Bonchev–Trinajstić information content (AvgIpc) is 2.46. The molecule has 0 bridgehead atoms. The number of ether oxygens (including phenoxy) is 1. The van der Waals surface area contributed by atoms with Gasteiger partial charge in [-0.3, -0.25) is 14.9 Å². The number of amides is 1. The third kappa shape index (κ3) is 2.82. The molecule has 7 nitrogen and oxygen atoms in total. The zero-order valence-electron chi connectivity index (χ0n) is 10.6. The number of carbonyl (C=O) groups excluding carboxylic acids is 1. The summed E-state index contributed by atoms with van der Waals surface area (Å²) in [4.78, 5) is 24.2. The number of nitrogens with zero attached hydrogens (tertiary/aromatic N) is 2. The molecule has 0 unspecified atom stereocenters. The van der Waals surface area contributed by atoms with Crippen LogP contribution in [0.15, 0.2) is 18.2 Å². The lowest BCUT2D eigenvalue weighted by Crippen LogP contribution is -2.46. The van der Waals surface area contributed by atoms with E-state index in [-0.39, 0.29) is 17.3 Å². The summed E-state index contributed by atoms with van der Waals surface area (Å²) in [6, 6.07) is 4.18. The zero-order chi connectivity index (χ0) is 13.8.